The summed E-state index contributed by atoms with van der Waals surface area (Å²) in [5, 5.41) is 12.3. The van der Waals surface area contributed by atoms with Crippen LogP contribution in [0.4, 0.5) is 0 Å². The minimum atomic E-state index is -0.164. The standard InChI is InChI=1S/C21H32N2O2/c1-16(15-24)22-21(25)20-14-23(12-17-8-4-2-5-9-17)13-19(20)18-10-6-3-7-11-18/h2,4-5,8-9,16,18-20,24H,3,6-7,10-15H2,1H3,(H,22,25)/t16-,19-,20+/m0/s1. The molecule has 0 unspecified atom stereocenters. The maximum absolute atomic E-state index is 12.8. The van der Waals surface area contributed by atoms with E-state index in [1.165, 1.54) is 37.7 Å². The molecule has 3 rings (SSSR count). The summed E-state index contributed by atoms with van der Waals surface area (Å²) in [5.74, 6) is 1.32. The van der Waals surface area contributed by atoms with Crippen molar-refractivity contribution in [3.05, 3.63) is 35.9 Å². The highest BCUT2D eigenvalue weighted by atomic mass is 16.3. The second kappa shape index (κ2) is 8.81. The van der Waals surface area contributed by atoms with Crippen LogP contribution in [0.25, 0.3) is 0 Å². The van der Waals surface area contributed by atoms with Crippen molar-refractivity contribution in [1.29, 1.82) is 0 Å². The van der Waals surface area contributed by atoms with Crippen LogP contribution in [0.15, 0.2) is 30.3 Å². The van der Waals surface area contributed by atoms with E-state index in [1.54, 1.807) is 0 Å². The van der Waals surface area contributed by atoms with Crippen LogP contribution in [-0.4, -0.2) is 41.7 Å². The van der Waals surface area contributed by atoms with Crippen LogP contribution in [0.3, 0.4) is 0 Å². The van der Waals surface area contributed by atoms with Gasteiger partial charge < -0.3 is 10.4 Å². The number of aliphatic hydroxyl groups is 1. The molecule has 0 spiro atoms. The Morgan fingerprint density at radius 1 is 1.20 bits per heavy atom. The highest BCUT2D eigenvalue weighted by Crippen LogP contribution is 2.38. The average Bonchev–Trinajstić information content (AvgIpc) is 3.07. The molecule has 4 heteroatoms. The van der Waals surface area contributed by atoms with E-state index in [4.69, 9.17) is 0 Å². The molecule has 2 fully saturated rings. The molecule has 2 aliphatic rings. The van der Waals surface area contributed by atoms with Crippen molar-refractivity contribution in [2.45, 2.75) is 51.6 Å². The van der Waals surface area contributed by atoms with Gasteiger partial charge in [-0.1, -0.05) is 62.4 Å². The first-order chi connectivity index (χ1) is 12.2. The molecule has 1 heterocycles. The van der Waals surface area contributed by atoms with Gasteiger partial charge in [0, 0.05) is 25.7 Å². The fourth-order valence-electron chi connectivity index (χ4n) is 4.60. The molecule has 0 aromatic heterocycles. The monoisotopic (exact) mass is 344 g/mol. The molecular weight excluding hydrogens is 312 g/mol. The number of aliphatic hydroxyl groups excluding tert-OH is 1. The molecule has 0 radical (unpaired) electrons. The minimum Gasteiger partial charge on any atom is -0.394 e. The molecule has 25 heavy (non-hydrogen) atoms. The summed E-state index contributed by atoms with van der Waals surface area (Å²) in [6.45, 7) is 4.64. The lowest BCUT2D eigenvalue weighted by Gasteiger charge is -2.31. The topological polar surface area (TPSA) is 52.6 Å². The summed E-state index contributed by atoms with van der Waals surface area (Å²) < 4.78 is 0. The molecule has 1 aliphatic heterocycles. The SMILES string of the molecule is C[C@@H](CO)NC(=O)[C@@H]1CN(Cc2ccccc2)C[C@H]1C1CCCCC1. The van der Waals surface area contributed by atoms with Crippen LogP contribution in [0.1, 0.15) is 44.6 Å². The Hall–Kier alpha value is -1.39. The van der Waals surface area contributed by atoms with Crippen molar-refractivity contribution in [3.8, 4) is 0 Å². The quantitative estimate of drug-likeness (QED) is 0.834. The minimum absolute atomic E-state index is 0.000283. The van der Waals surface area contributed by atoms with Crippen molar-refractivity contribution in [3.63, 3.8) is 0 Å². The van der Waals surface area contributed by atoms with Crippen molar-refractivity contribution in [1.82, 2.24) is 10.2 Å². The summed E-state index contributed by atoms with van der Waals surface area (Å²) in [7, 11) is 0. The van der Waals surface area contributed by atoms with Crippen LogP contribution in [0.5, 0.6) is 0 Å². The highest BCUT2D eigenvalue weighted by molar-refractivity contribution is 5.80. The number of benzene rings is 1. The second-order valence-electron chi connectivity index (χ2n) is 7.94. The van der Waals surface area contributed by atoms with Crippen molar-refractivity contribution in [2.24, 2.45) is 17.8 Å². The third-order valence-corrected chi connectivity index (χ3v) is 5.94. The number of rotatable bonds is 6. The number of amides is 1. The molecule has 0 bridgehead atoms. The summed E-state index contributed by atoms with van der Waals surface area (Å²) >= 11 is 0. The molecule has 1 amide bonds. The predicted octanol–water partition coefficient (Wildman–Crippen LogP) is 2.81. The van der Waals surface area contributed by atoms with E-state index in [-0.39, 0.29) is 24.5 Å². The van der Waals surface area contributed by atoms with E-state index in [2.05, 4.69) is 34.5 Å². The van der Waals surface area contributed by atoms with E-state index < -0.39 is 0 Å². The first kappa shape index (κ1) is 18.4. The third-order valence-electron chi connectivity index (χ3n) is 5.94. The molecular formula is C21H32N2O2. The van der Waals surface area contributed by atoms with Gasteiger partial charge in [0.05, 0.1) is 12.5 Å². The van der Waals surface area contributed by atoms with Gasteiger partial charge in [-0.05, 0) is 24.3 Å². The van der Waals surface area contributed by atoms with Gasteiger partial charge in [0.2, 0.25) is 5.91 Å². The Kier molecular flexibility index (Phi) is 6.49. The predicted molar refractivity (Wildman–Crippen MR) is 100.0 cm³/mol. The van der Waals surface area contributed by atoms with Crippen LogP contribution >= 0.6 is 0 Å². The lowest BCUT2D eigenvalue weighted by atomic mass is 9.75. The maximum Gasteiger partial charge on any atom is 0.225 e. The molecule has 2 N–H and O–H groups in total. The van der Waals surface area contributed by atoms with Gasteiger partial charge in [0.1, 0.15) is 0 Å². The molecule has 3 atom stereocenters. The van der Waals surface area contributed by atoms with Gasteiger partial charge >= 0.3 is 0 Å². The van der Waals surface area contributed by atoms with E-state index in [0.717, 1.165) is 19.6 Å². The molecule has 1 aromatic rings. The van der Waals surface area contributed by atoms with Crippen LogP contribution in [-0.2, 0) is 11.3 Å². The molecule has 1 saturated carbocycles. The largest absolute Gasteiger partial charge is 0.394 e. The summed E-state index contributed by atoms with van der Waals surface area (Å²) in [4.78, 5) is 15.3. The number of hydrogen-bond donors (Lipinski definition) is 2. The molecule has 4 nitrogen and oxygen atoms in total. The Balaban J connectivity index is 1.69. The van der Waals surface area contributed by atoms with E-state index in [1.807, 2.05) is 13.0 Å². The third kappa shape index (κ3) is 4.83. The highest BCUT2D eigenvalue weighted by Gasteiger charge is 2.41. The van der Waals surface area contributed by atoms with Crippen LogP contribution in [0, 0.1) is 17.8 Å². The van der Waals surface area contributed by atoms with Crippen LogP contribution < -0.4 is 5.32 Å². The number of nitrogens with one attached hydrogen (secondary N) is 1. The Bertz CT molecular complexity index is 542. The van der Waals surface area contributed by atoms with Gasteiger partial charge in [-0.2, -0.15) is 0 Å². The number of carbonyl (C=O) groups excluding carboxylic acids is 1. The number of likely N-dealkylation sites (tertiary alicyclic amines) is 1. The Morgan fingerprint density at radius 3 is 2.60 bits per heavy atom. The average molecular weight is 344 g/mol. The second-order valence-corrected chi connectivity index (χ2v) is 7.94. The first-order valence-corrected chi connectivity index (χ1v) is 9.85. The Morgan fingerprint density at radius 2 is 1.92 bits per heavy atom. The summed E-state index contributed by atoms with van der Waals surface area (Å²) in [6, 6.07) is 10.4. The first-order valence-electron chi connectivity index (χ1n) is 9.85. The number of carbonyl (C=O) groups is 1. The smallest absolute Gasteiger partial charge is 0.225 e. The van der Waals surface area contributed by atoms with Gasteiger partial charge in [0.15, 0.2) is 0 Å². The van der Waals surface area contributed by atoms with E-state index in [0.29, 0.717) is 11.8 Å². The molecule has 138 valence electrons. The zero-order valence-corrected chi connectivity index (χ0v) is 15.4. The van der Waals surface area contributed by atoms with Gasteiger partial charge in [-0.15, -0.1) is 0 Å². The number of nitrogens with zero attached hydrogens (tertiary/aromatic N) is 1. The number of hydrogen-bond acceptors (Lipinski definition) is 3. The fraction of sp³-hybridized carbons (Fsp3) is 0.667. The molecule has 1 aromatic carbocycles. The lowest BCUT2D eigenvalue weighted by molar-refractivity contribution is -0.127. The van der Waals surface area contributed by atoms with Gasteiger partial charge in [-0.3, -0.25) is 9.69 Å². The zero-order valence-electron chi connectivity index (χ0n) is 15.4. The molecule has 1 aliphatic carbocycles. The molecule has 1 saturated heterocycles. The van der Waals surface area contributed by atoms with Crippen molar-refractivity contribution < 1.29 is 9.90 Å². The zero-order chi connectivity index (χ0) is 17.6. The van der Waals surface area contributed by atoms with Crippen molar-refractivity contribution in [2.75, 3.05) is 19.7 Å². The van der Waals surface area contributed by atoms with Gasteiger partial charge in [0.25, 0.3) is 0 Å². The van der Waals surface area contributed by atoms with E-state index in [9.17, 15) is 9.90 Å². The lowest BCUT2D eigenvalue weighted by Crippen LogP contribution is -2.43. The maximum atomic E-state index is 12.8. The van der Waals surface area contributed by atoms with E-state index >= 15 is 0 Å². The van der Waals surface area contributed by atoms with Gasteiger partial charge in [-0.25, -0.2) is 0 Å². The normalized spacial score (nSPS) is 26.5. The van der Waals surface area contributed by atoms with Crippen LogP contribution in [0.2, 0.25) is 0 Å². The summed E-state index contributed by atoms with van der Waals surface area (Å²) in [5.41, 5.74) is 1.31. The fourth-order valence-corrected chi connectivity index (χ4v) is 4.60. The summed E-state index contributed by atoms with van der Waals surface area (Å²) in [6.07, 6.45) is 6.49. The van der Waals surface area contributed by atoms with Crippen molar-refractivity contribution >= 4 is 5.91 Å². The Labute approximate surface area is 151 Å².